The van der Waals surface area contributed by atoms with Crippen LogP contribution in [0, 0.1) is 0 Å². The van der Waals surface area contributed by atoms with Gasteiger partial charge in [-0.05, 0) is 35.4 Å². The second kappa shape index (κ2) is 7.39. The molecule has 1 heterocycles. The van der Waals surface area contributed by atoms with E-state index in [4.69, 9.17) is 0 Å². The first kappa shape index (κ1) is 18.3. The number of rotatable bonds is 5. The van der Waals surface area contributed by atoms with Gasteiger partial charge in [-0.3, -0.25) is 4.79 Å². The zero-order valence-electron chi connectivity index (χ0n) is 14.4. The molecule has 0 unspecified atom stereocenters. The van der Waals surface area contributed by atoms with E-state index in [1.54, 1.807) is 54.5 Å². The maximum Gasteiger partial charge on any atom is 0.253 e. The van der Waals surface area contributed by atoms with Gasteiger partial charge in [0, 0.05) is 30.4 Å². The highest BCUT2D eigenvalue weighted by molar-refractivity contribution is 7.90. The number of hydrogen-bond donors (Lipinski definition) is 0. The van der Waals surface area contributed by atoms with E-state index in [2.05, 4.69) is 4.98 Å². The van der Waals surface area contributed by atoms with Crippen molar-refractivity contribution in [2.75, 3.05) is 13.3 Å². The molecule has 0 fully saturated rings. The van der Waals surface area contributed by atoms with Crippen LogP contribution in [0.2, 0.25) is 0 Å². The molecule has 0 bridgehead atoms. The summed E-state index contributed by atoms with van der Waals surface area (Å²) in [5.74, 6) is -0.110. The van der Waals surface area contributed by atoms with Gasteiger partial charge < -0.3 is 4.90 Å². The summed E-state index contributed by atoms with van der Waals surface area (Å²) in [5.41, 5.74) is 2.10. The van der Waals surface area contributed by atoms with E-state index >= 15 is 0 Å². The summed E-state index contributed by atoms with van der Waals surface area (Å²) >= 11 is 1.51. The molecule has 3 rings (SSSR count). The summed E-state index contributed by atoms with van der Waals surface area (Å²) in [6, 6.07) is 13.9. The number of thiazole rings is 1. The zero-order chi connectivity index (χ0) is 18.7. The second-order valence-electron chi connectivity index (χ2n) is 5.97. The van der Waals surface area contributed by atoms with Crippen LogP contribution in [0.3, 0.4) is 0 Å². The van der Waals surface area contributed by atoms with Crippen molar-refractivity contribution < 1.29 is 13.2 Å². The number of carbonyl (C=O) groups is 1. The van der Waals surface area contributed by atoms with Crippen molar-refractivity contribution >= 4 is 27.1 Å². The number of carbonyl (C=O) groups excluding carboxylic acids is 1. The van der Waals surface area contributed by atoms with Gasteiger partial charge in [0.15, 0.2) is 9.84 Å². The van der Waals surface area contributed by atoms with E-state index in [0.717, 1.165) is 16.1 Å². The monoisotopic (exact) mass is 386 g/mol. The van der Waals surface area contributed by atoms with Crippen molar-refractivity contribution in [1.29, 1.82) is 0 Å². The smallest absolute Gasteiger partial charge is 0.253 e. The second-order valence-corrected chi connectivity index (χ2v) is 8.96. The fraction of sp³-hybridized carbons (Fsp3) is 0.158. The Morgan fingerprint density at radius 2 is 1.81 bits per heavy atom. The predicted molar refractivity (Wildman–Crippen MR) is 103 cm³/mol. The molecule has 0 atom stereocenters. The standard InChI is InChI=1S/C19H18N2O3S2/c1-21(13-18-20-9-10-25-18)19(22)16-7-3-5-14(11-16)15-6-4-8-17(12-15)26(2,23)24/h3-12H,13H2,1-2H3. The Kier molecular flexibility index (Phi) is 5.20. The average Bonchev–Trinajstić information content (AvgIpc) is 3.13. The van der Waals surface area contributed by atoms with Gasteiger partial charge in [0.1, 0.15) is 5.01 Å². The first-order valence-electron chi connectivity index (χ1n) is 7.89. The van der Waals surface area contributed by atoms with Crippen LogP contribution in [0.25, 0.3) is 11.1 Å². The summed E-state index contributed by atoms with van der Waals surface area (Å²) in [6.45, 7) is 0.449. The molecule has 0 radical (unpaired) electrons. The number of hydrogen-bond acceptors (Lipinski definition) is 5. The Balaban J connectivity index is 1.87. The van der Waals surface area contributed by atoms with Crippen LogP contribution < -0.4 is 0 Å². The molecule has 0 aliphatic heterocycles. The lowest BCUT2D eigenvalue weighted by atomic mass is 10.0. The van der Waals surface area contributed by atoms with Crippen LogP contribution in [0.4, 0.5) is 0 Å². The summed E-state index contributed by atoms with van der Waals surface area (Å²) in [4.78, 5) is 18.8. The average molecular weight is 386 g/mol. The predicted octanol–water partition coefficient (Wildman–Crippen LogP) is 3.49. The quantitative estimate of drug-likeness (QED) is 0.673. The topological polar surface area (TPSA) is 67.3 Å². The largest absolute Gasteiger partial charge is 0.335 e. The molecule has 0 N–H and O–H groups in total. The minimum Gasteiger partial charge on any atom is -0.335 e. The maximum absolute atomic E-state index is 12.7. The molecule has 0 saturated heterocycles. The highest BCUT2D eigenvalue weighted by Gasteiger charge is 2.14. The van der Waals surface area contributed by atoms with E-state index in [0.29, 0.717) is 12.1 Å². The van der Waals surface area contributed by atoms with Gasteiger partial charge in [0.2, 0.25) is 0 Å². The SMILES string of the molecule is CN(Cc1nccs1)C(=O)c1cccc(-c2cccc(S(C)(=O)=O)c2)c1. The number of aromatic nitrogens is 1. The molecule has 2 aromatic carbocycles. The van der Waals surface area contributed by atoms with Crippen LogP contribution in [0.5, 0.6) is 0 Å². The van der Waals surface area contributed by atoms with Gasteiger partial charge in [0.25, 0.3) is 5.91 Å². The molecule has 0 saturated carbocycles. The molecule has 7 heteroatoms. The Morgan fingerprint density at radius 1 is 1.12 bits per heavy atom. The van der Waals surface area contributed by atoms with Crippen molar-refractivity contribution in [1.82, 2.24) is 9.88 Å². The molecule has 5 nitrogen and oxygen atoms in total. The number of sulfone groups is 1. The third-order valence-corrected chi connectivity index (χ3v) is 5.78. The fourth-order valence-corrected chi connectivity index (χ4v) is 3.90. The highest BCUT2D eigenvalue weighted by atomic mass is 32.2. The van der Waals surface area contributed by atoms with Crippen molar-refractivity contribution in [3.8, 4) is 11.1 Å². The van der Waals surface area contributed by atoms with Gasteiger partial charge in [-0.25, -0.2) is 13.4 Å². The van der Waals surface area contributed by atoms with E-state index < -0.39 is 9.84 Å². The zero-order valence-corrected chi connectivity index (χ0v) is 16.0. The maximum atomic E-state index is 12.7. The Labute approximate surface area is 156 Å². The summed E-state index contributed by atoms with van der Waals surface area (Å²) in [5, 5.41) is 2.75. The van der Waals surface area contributed by atoms with Gasteiger partial charge in [-0.2, -0.15) is 0 Å². The van der Waals surface area contributed by atoms with Crippen molar-refractivity contribution in [3.05, 3.63) is 70.7 Å². The van der Waals surface area contributed by atoms with Crippen molar-refractivity contribution in [3.63, 3.8) is 0 Å². The Bertz CT molecular complexity index is 1030. The summed E-state index contributed by atoms with van der Waals surface area (Å²) in [6.07, 6.45) is 2.90. The fourth-order valence-electron chi connectivity index (χ4n) is 2.56. The first-order valence-corrected chi connectivity index (χ1v) is 10.7. The van der Waals surface area contributed by atoms with Crippen molar-refractivity contribution in [2.24, 2.45) is 0 Å². The van der Waals surface area contributed by atoms with E-state index in [-0.39, 0.29) is 10.8 Å². The molecular formula is C19H18N2O3S2. The lowest BCUT2D eigenvalue weighted by Gasteiger charge is -2.16. The third kappa shape index (κ3) is 4.17. The minimum absolute atomic E-state index is 0.110. The van der Waals surface area contributed by atoms with Crippen molar-refractivity contribution in [2.45, 2.75) is 11.4 Å². The van der Waals surface area contributed by atoms with Gasteiger partial charge in [0.05, 0.1) is 11.4 Å². The minimum atomic E-state index is -3.28. The Hall–Kier alpha value is -2.51. The lowest BCUT2D eigenvalue weighted by molar-refractivity contribution is 0.0785. The van der Waals surface area contributed by atoms with Crippen LogP contribution in [0.1, 0.15) is 15.4 Å². The Morgan fingerprint density at radius 3 is 2.46 bits per heavy atom. The molecule has 1 amide bonds. The highest BCUT2D eigenvalue weighted by Crippen LogP contribution is 2.24. The third-order valence-electron chi connectivity index (χ3n) is 3.91. The molecule has 3 aromatic rings. The van der Waals surface area contributed by atoms with Gasteiger partial charge >= 0.3 is 0 Å². The normalized spacial score (nSPS) is 11.3. The number of benzene rings is 2. The van der Waals surface area contributed by atoms with Gasteiger partial charge in [-0.15, -0.1) is 11.3 Å². The van der Waals surface area contributed by atoms with Gasteiger partial charge in [-0.1, -0.05) is 24.3 Å². The van der Waals surface area contributed by atoms with Crippen LogP contribution in [-0.2, 0) is 16.4 Å². The molecule has 1 aromatic heterocycles. The molecule has 0 aliphatic carbocycles. The van der Waals surface area contributed by atoms with Crippen LogP contribution in [0.15, 0.2) is 65.0 Å². The lowest BCUT2D eigenvalue weighted by Crippen LogP contribution is -2.26. The molecule has 0 aliphatic rings. The van der Waals surface area contributed by atoms with Crippen LogP contribution >= 0.6 is 11.3 Å². The molecular weight excluding hydrogens is 368 g/mol. The molecule has 134 valence electrons. The van der Waals surface area contributed by atoms with E-state index in [9.17, 15) is 13.2 Å². The first-order chi connectivity index (χ1) is 12.3. The van der Waals surface area contributed by atoms with E-state index in [1.807, 2.05) is 17.5 Å². The molecule has 0 spiro atoms. The summed E-state index contributed by atoms with van der Waals surface area (Å²) < 4.78 is 23.5. The number of amides is 1. The number of nitrogens with zero attached hydrogens (tertiary/aromatic N) is 2. The summed E-state index contributed by atoms with van der Waals surface area (Å²) in [7, 11) is -1.55. The van der Waals surface area contributed by atoms with E-state index in [1.165, 1.54) is 17.6 Å². The molecule has 26 heavy (non-hydrogen) atoms. The van der Waals surface area contributed by atoms with Crippen LogP contribution in [-0.4, -0.2) is 37.5 Å².